The molecule has 0 atom stereocenters. The van der Waals surface area contributed by atoms with Crippen LogP contribution in [0.5, 0.6) is 11.5 Å². The predicted octanol–water partition coefficient (Wildman–Crippen LogP) is 4.91. The van der Waals surface area contributed by atoms with E-state index < -0.39 is 0 Å². The van der Waals surface area contributed by atoms with Crippen LogP contribution in [-0.4, -0.2) is 10.2 Å². The van der Waals surface area contributed by atoms with E-state index in [1.807, 2.05) is 0 Å². The van der Waals surface area contributed by atoms with Gasteiger partial charge in [-0.05, 0) is 42.7 Å². The predicted molar refractivity (Wildman–Crippen MR) is 84.1 cm³/mol. The summed E-state index contributed by atoms with van der Waals surface area (Å²) in [4.78, 5) is 0. The highest BCUT2D eigenvalue weighted by atomic mass is 16.3. The van der Waals surface area contributed by atoms with Gasteiger partial charge in [0.1, 0.15) is 11.5 Å². The first-order chi connectivity index (χ1) is 9.72. The maximum absolute atomic E-state index is 8.65. The second-order valence-corrected chi connectivity index (χ2v) is 4.81. The molecule has 2 N–H and O–H groups in total. The van der Waals surface area contributed by atoms with Crippen molar-refractivity contribution in [3.8, 4) is 11.5 Å². The molecule has 108 valence electrons. The molecule has 0 spiro atoms. The Hall–Kier alpha value is -1.96. The molecule has 0 bridgehead atoms. The van der Waals surface area contributed by atoms with Gasteiger partial charge >= 0.3 is 0 Å². The Kier molecular flexibility index (Phi) is 7.97. The lowest BCUT2D eigenvalue weighted by molar-refractivity contribution is 0.460. The van der Waals surface area contributed by atoms with Crippen molar-refractivity contribution in [2.24, 2.45) is 0 Å². The molecule has 0 saturated heterocycles. The fourth-order valence-electron chi connectivity index (χ4n) is 1.85. The van der Waals surface area contributed by atoms with Gasteiger partial charge in [0.25, 0.3) is 0 Å². The van der Waals surface area contributed by atoms with Gasteiger partial charge in [-0.25, -0.2) is 0 Å². The van der Waals surface area contributed by atoms with Gasteiger partial charge in [-0.3, -0.25) is 0 Å². The van der Waals surface area contributed by atoms with E-state index in [9.17, 15) is 0 Å². The molecule has 0 radical (unpaired) electrons. The number of benzene rings is 2. The quantitative estimate of drug-likeness (QED) is 0.600. The zero-order valence-corrected chi connectivity index (χ0v) is 12.1. The number of unbranched alkanes of at least 4 members (excludes halogenated alkanes) is 3. The molecule has 2 aromatic carbocycles. The van der Waals surface area contributed by atoms with E-state index in [1.165, 1.54) is 61.9 Å². The van der Waals surface area contributed by atoms with Gasteiger partial charge in [0, 0.05) is 0 Å². The van der Waals surface area contributed by atoms with Crippen molar-refractivity contribution in [3.63, 3.8) is 0 Å². The normalized spacial score (nSPS) is 9.65. The fraction of sp³-hybridized carbons (Fsp3) is 0.333. The van der Waals surface area contributed by atoms with Crippen LogP contribution in [0.15, 0.2) is 54.6 Å². The summed E-state index contributed by atoms with van der Waals surface area (Å²) in [6, 6.07) is 16.5. The first kappa shape index (κ1) is 16.1. The topological polar surface area (TPSA) is 40.5 Å². The van der Waals surface area contributed by atoms with E-state index in [4.69, 9.17) is 10.2 Å². The first-order valence-corrected chi connectivity index (χ1v) is 7.24. The average molecular weight is 272 g/mol. The maximum Gasteiger partial charge on any atom is 0.115 e. The number of rotatable bonds is 5. The Morgan fingerprint density at radius 3 is 1.75 bits per heavy atom. The summed E-state index contributed by atoms with van der Waals surface area (Å²) in [7, 11) is 0. The highest BCUT2D eigenvalue weighted by molar-refractivity contribution is 5.28. The second-order valence-electron chi connectivity index (χ2n) is 4.81. The van der Waals surface area contributed by atoms with E-state index in [1.54, 1.807) is 0 Å². The number of aryl methyl sites for hydroxylation is 1. The van der Waals surface area contributed by atoms with E-state index in [0.717, 1.165) is 0 Å². The Labute approximate surface area is 121 Å². The molecule has 2 nitrogen and oxygen atoms in total. The van der Waals surface area contributed by atoms with Gasteiger partial charge < -0.3 is 10.2 Å². The number of phenols is 2. The van der Waals surface area contributed by atoms with Crippen molar-refractivity contribution in [2.45, 2.75) is 39.0 Å². The van der Waals surface area contributed by atoms with Crippen molar-refractivity contribution in [3.05, 3.63) is 60.2 Å². The lowest BCUT2D eigenvalue weighted by atomic mass is 10.1. The van der Waals surface area contributed by atoms with E-state index in [-0.39, 0.29) is 11.5 Å². The smallest absolute Gasteiger partial charge is 0.115 e. The minimum Gasteiger partial charge on any atom is -0.508 e. The van der Waals surface area contributed by atoms with Crippen LogP contribution in [0.4, 0.5) is 0 Å². The van der Waals surface area contributed by atoms with Crippen LogP contribution >= 0.6 is 0 Å². The molecule has 2 heteroatoms. The number of hydrogen-bond donors (Lipinski definition) is 2. The third kappa shape index (κ3) is 7.47. The summed E-state index contributed by atoms with van der Waals surface area (Å²) in [5, 5.41) is 17.3. The van der Waals surface area contributed by atoms with Gasteiger partial charge in [-0.1, -0.05) is 56.5 Å². The Bertz CT molecular complexity index is 428. The minimum absolute atomic E-state index is 0.169. The molecule has 0 fully saturated rings. The summed E-state index contributed by atoms with van der Waals surface area (Å²) in [6.07, 6.45) is 6.69. The SMILES string of the molecule is CCCCCCc1ccccc1.Oc1ccc(O)cc1. The maximum atomic E-state index is 8.65. The summed E-state index contributed by atoms with van der Waals surface area (Å²) in [6.45, 7) is 2.25. The molecular weight excluding hydrogens is 248 g/mol. The summed E-state index contributed by atoms with van der Waals surface area (Å²) in [5.41, 5.74) is 1.48. The largest absolute Gasteiger partial charge is 0.508 e. The van der Waals surface area contributed by atoms with Gasteiger partial charge in [0.05, 0.1) is 0 Å². The van der Waals surface area contributed by atoms with E-state index in [2.05, 4.69) is 37.3 Å². The highest BCUT2D eigenvalue weighted by Gasteiger charge is 1.90. The molecular formula is C18H24O2. The standard InChI is InChI=1S/C12H18.C6H6O2/c1-2-3-4-6-9-12-10-7-5-8-11-12;7-5-1-2-6(8)4-3-5/h5,7-8,10-11H,2-4,6,9H2,1H3;1-4,7-8H. The molecule has 0 aromatic heterocycles. The highest BCUT2D eigenvalue weighted by Crippen LogP contribution is 2.13. The van der Waals surface area contributed by atoms with Crippen LogP contribution in [0.25, 0.3) is 0 Å². The Balaban J connectivity index is 0.000000217. The van der Waals surface area contributed by atoms with Gasteiger partial charge in [-0.2, -0.15) is 0 Å². The van der Waals surface area contributed by atoms with Crippen molar-refractivity contribution < 1.29 is 10.2 Å². The minimum atomic E-state index is 0.169. The van der Waals surface area contributed by atoms with E-state index >= 15 is 0 Å². The molecule has 0 heterocycles. The Morgan fingerprint density at radius 1 is 0.700 bits per heavy atom. The van der Waals surface area contributed by atoms with Crippen LogP contribution < -0.4 is 0 Å². The van der Waals surface area contributed by atoms with Crippen molar-refractivity contribution in [1.82, 2.24) is 0 Å². The molecule has 0 aliphatic heterocycles. The summed E-state index contributed by atoms with van der Waals surface area (Å²) in [5.74, 6) is 0.339. The van der Waals surface area contributed by atoms with Crippen LogP contribution in [0.2, 0.25) is 0 Å². The third-order valence-electron chi connectivity index (χ3n) is 3.01. The van der Waals surface area contributed by atoms with Gasteiger partial charge in [0.2, 0.25) is 0 Å². The number of aromatic hydroxyl groups is 2. The van der Waals surface area contributed by atoms with Crippen molar-refractivity contribution >= 4 is 0 Å². The monoisotopic (exact) mass is 272 g/mol. The average Bonchev–Trinajstić information content (AvgIpc) is 2.49. The summed E-state index contributed by atoms with van der Waals surface area (Å²) < 4.78 is 0. The Morgan fingerprint density at radius 2 is 1.25 bits per heavy atom. The first-order valence-electron chi connectivity index (χ1n) is 7.24. The molecule has 0 unspecified atom stereocenters. The lowest BCUT2D eigenvalue weighted by Gasteiger charge is -1.99. The van der Waals surface area contributed by atoms with Crippen LogP contribution in [-0.2, 0) is 6.42 Å². The van der Waals surface area contributed by atoms with E-state index in [0.29, 0.717) is 0 Å². The zero-order valence-electron chi connectivity index (χ0n) is 12.1. The summed E-state index contributed by atoms with van der Waals surface area (Å²) >= 11 is 0. The van der Waals surface area contributed by atoms with Crippen molar-refractivity contribution in [2.75, 3.05) is 0 Å². The molecule has 2 rings (SSSR count). The van der Waals surface area contributed by atoms with Crippen LogP contribution in [0, 0.1) is 0 Å². The van der Waals surface area contributed by atoms with Crippen LogP contribution in [0.1, 0.15) is 38.2 Å². The lowest BCUT2D eigenvalue weighted by Crippen LogP contribution is -1.84. The molecule has 0 saturated carbocycles. The molecule has 2 aromatic rings. The van der Waals surface area contributed by atoms with Gasteiger partial charge in [-0.15, -0.1) is 0 Å². The fourth-order valence-corrected chi connectivity index (χ4v) is 1.85. The number of hydrogen-bond acceptors (Lipinski definition) is 2. The molecule has 0 aliphatic rings. The number of phenolic OH excluding ortho intramolecular Hbond substituents is 2. The van der Waals surface area contributed by atoms with Crippen LogP contribution in [0.3, 0.4) is 0 Å². The molecule has 20 heavy (non-hydrogen) atoms. The van der Waals surface area contributed by atoms with Gasteiger partial charge in [0.15, 0.2) is 0 Å². The second kappa shape index (κ2) is 9.90. The van der Waals surface area contributed by atoms with Crippen molar-refractivity contribution in [1.29, 1.82) is 0 Å². The molecule has 0 aliphatic carbocycles. The zero-order chi connectivity index (χ0) is 14.6. The molecule has 0 amide bonds. The third-order valence-corrected chi connectivity index (χ3v) is 3.01.